The molecule has 5 aliphatic heterocycles. The minimum atomic E-state index is -0.876. The van der Waals surface area contributed by atoms with Crippen LogP contribution < -0.4 is 26.2 Å². The molecule has 6 fully saturated rings. The number of rotatable bonds is 13. The molecule has 75 heavy (non-hydrogen) atoms. The molecule has 3 unspecified atom stereocenters. The van der Waals surface area contributed by atoms with Crippen LogP contribution in [0, 0.1) is 12.3 Å². The van der Waals surface area contributed by atoms with E-state index >= 15 is 0 Å². The standard InChI is InChI=1S/C56H71N13O5S/c1-33-50(75-32-61-33)36-11-9-34(10-12-36)23-58-53(73)47-21-43(70)30-68(47)54(74)51(56(2,3)4)62-49(72)31-67-39-17-18-40(67)27-65(26-39)38-15-13-35(14-16-38)37-24-59-55(60-25-37)69-41-19-20-42(69)29-66(28-41)46-22-45(63-64-52(46)57)44-7-5-6-8-48(44)71/h5-12,22,24-25,32,35,38-43,47,51,70-71H,13-21,23,26-31H2,1-4H3,(H2,57,64)(H,58,73)(H,62,72)/t35?,38?,39?,40?,41-,42?,43+,47-,51+/m0/s1. The Hall–Kier alpha value is -6.28. The summed E-state index contributed by atoms with van der Waals surface area (Å²) in [7, 11) is 0. The molecule has 6 N–H and O–H groups in total. The third-order valence-electron chi connectivity index (χ3n) is 17.1. The number of carbonyl (C=O) groups is 3. The highest BCUT2D eigenvalue weighted by Gasteiger charge is 2.47. The van der Waals surface area contributed by atoms with E-state index in [-0.39, 0.29) is 73.7 Å². The van der Waals surface area contributed by atoms with Gasteiger partial charge < -0.3 is 41.3 Å². The number of phenols is 1. The van der Waals surface area contributed by atoms with Gasteiger partial charge in [0.1, 0.15) is 17.8 Å². The zero-order chi connectivity index (χ0) is 52.1. The van der Waals surface area contributed by atoms with E-state index in [1.54, 1.807) is 23.5 Å². The Morgan fingerprint density at radius 3 is 2.15 bits per heavy atom. The Bertz CT molecular complexity index is 2840. The highest BCUT2D eigenvalue weighted by molar-refractivity contribution is 7.13. The number of carbonyl (C=O) groups excluding carboxylic acids is 3. The lowest BCUT2D eigenvalue weighted by atomic mass is 9.82. The van der Waals surface area contributed by atoms with E-state index in [9.17, 15) is 24.6 Å². The fraction of sp³-hybridized carbons (Fsp3) is 0.536. The molecule has 19 heteroatoms. The number of phenolic OH excluding ortho intramolecular Hbond substituents is 1. The van der Waals surface area contributed by atoms with Gasteiger partial charge in [0.2, 0.25) is 23.7 Å². The summed E-state index contributed by atoms with van der Waals surface area (Å²) in [5, 5.41) is 35.9. The normalized spacial score (nSPS) is 26.4. The van der Waals surface area contributed by atoms with Gasteiger partial charge in [-0.05, 0) is 105 Å². The molecule has 3 amide bonds. The summed E-state index contributed by atoms with van der Waals surface area (Å²) >= 11 is 1.59. The summed E-state index contributed by atoms with van der Waals surface area (Å²) in [5.41, 5.74) is 13.8. The maximum Gasteiger partial charge on any atom is 0.246 e. The molecule has 5 saturated heterocycles. The second-order valence-electron chi connectivity index (χ2n) is 23.0. The van der Waals surface area contributed by atoms with Crippen LogP contribution in [0.15, 0.2) is 72.5 Å². The largest absolute Gasteiger partial charge is 0.507 e. The average molecular weight is 1040 g/mol. The van der Waals surface area contributed by atoms with E-state index in [4.69, 9.17) is 15.7 Å². The number of β-amino-alcohol motifs (C(OH)–C–C–N with tert-alkyl or cyclic N) is 1. The maximum absolute atomic E-state index is 14.4. The Kier molecular flexibility index (Phi) is 14.3. The fourth-order valence-electron chi connectivity index (χ4n) is 13.1. The van der Waals surface area contributed by atoms with E-state index in [1.807, 2.05) is 75.7 Å². The molecule has 4 bridgehead atoms. The number of amides is 3. The molecule has 1 saturated carbocycles. The molecule has 396 valence electrons. The monoisotopic (exact) mass is 1040 g/mol. The number of benzene rings is 2. The Balaban J connectivity index is 0.651. The zero-order valence-corrected chi connectivity index (χ0v) is 44.3. The summed E-state index contributed by atoms with van der Waals surface area (Å²) < 4.78 is 0. The van der Waals surface area contributed by atoms with Gasteiger partial charge in [0.15, 0.2) is 5.82 Å². The van der Waals surface area contributed by atoms with Crippen LogP contribution in [0.1, 0.15) is 101 Å². The maximum atomic E-state index is 14.4. The van der Waals surface area contributed by atoms with Crippen molar-refractivity contribution in [2.24, 2.45) is 5.41 Å². The van der Waals surface area contributed by atoms with Gasteiger partial charge in [0.05, 0.1) is 40.1 Å². The molecule has 11 rings (SSSR count). The number of thiazole rings is 1. The van der Waals surface area contributed by atoms with Crippen LogP contribution in [-0.2, 0) is 20.9 Å². The van der Waals surface area contributed by atoms with Gasteiger partial charge in [-0.15, -0.1) is 21.5 Å². The van der Waals surface area contributed by atoms with Gasteiger partial charge in [0, 0.05) is 93.9 Å². The van der Waals surface area contributed by atoms with Crippen LogP contribution in [0.2, 0.25) is 0 Å². The van der Waals surface area contributed by atoms with Crippen molar-refractivity contribution in [3.05, 3.63) is 89.3 Å². The topological polar surface area (TPSA) is 222 Å². The SMILES string of the molecule is Cc1ncsc1-c1ccc(CNC(=O)[C@@H]2C[C@@H](O)CN2C(=O)[C@@H](NC(=O)CN2C3CCC2CN(C2CCC(c4cnc(N5C6CC[C@H]5CN(c5cc(-c7ccccc7O)nnc5N)C6)nc4)CC2)C3)C(C)(C)C)cc1. The average Bonchev–Trinajstić information content (AvgIpc) is 4.15. The van der Waals surface area contributed by atoms with Crippen molar-refractivity contribution >= 4 is 46.5 Å². The lowest BCUT2D eigenvalue weighted by molar-refractivity contribution is -0.144. The number of anilines is 3. The van der Waals surface area contributed by atoms with Gasteiger partial charge in [-0.3, -0.25) is 24.2 Å². The highest BCUT2D eigenvalue weighted by Crippen LogP contribution is 2.41. The number of fused-ring (bicyclic) bond motifs is 4. The fourth-order valence-corrected chi connectivity index (χ4v) is 13.9. The van der Waals surface area contributed by atoms with Crippen molar-refractivity contribution in [2.45, 2.75) is 146 Å². The second-order valence-corrected chi connectivity index (χ2v) is 23.8. The number of para-hydroxylation sites is 1. The van der Waals surface area contributed by atoms with Gasteiger partial charge in [0.25, 0.3) is 0 Å². The van der Waals surface area contributed by atoms with Crippen molar-refractivity contribution < 1.29 is 24.6 Å². The molecule has 6 aliphatic rings. The number of aromatic nitrogens is 5. The summed E-state index contributed by atoms with van der Waals surface area (Å²) in [4.78, 5) is 68.7. The summed E-state index contributed by atoms with van der Waals surface area (Å²) in [5.74, 6) is 0.877. The van der Waals surface area contributed by atoms with Crippen molar-refractivity contribution in [3.63, 3.8) is 0 Å². The number of likely N-dealkylation sites (tertiary alicyclic amines) is 2. The zero-order valence-electron chi connectivity index (χ0n) is 43.5. The molecule has 0 radical (unpaired) electrons. The first-order valence-electron chi connectivity index (χ1n) is 27.0. The minimum absolute atomic E-state index is 0.0327. The predicted molar refractivity (Wildman–Crippen MR) is 289 cm³/mol. The number of hydrogen-bond donors (Lipinski definition) is 5. The van der Waals surface area contributed by atoms with Crippen LogP contribution in [0.5, 0.6) is 5.75 Å². The van der Waals surface area contributed by atoms with Gasteiger partial charge in [-0.25, -0.2) is 15.0 Å². The first-order valence-corrected chi connectivity index (χ1v) is 27.8. The van der Waals surface area contributed by atoms with Crippen LogP contribution in [0.4, 0.5) is 17.5 Å². The van der Waals surface area contributed by atoms with Gasteiger partial charge >= 0.3 is 0 Å². The molecule has 5 aromatic rings. The lowest BCUT2D eigenvalue weighted by Crippen LogP contribution is -2.61. The third kappa shape index (κ3) is 10.5. The van der Waals surface area contributed by atoms with E-state index < -0.39 is 23.6 Å². The molecule has 2 aromatic carbocycles. The van der Waals surface area contributed by atoms with Crippen molar-refractivity contribution in [1.82, 2.24) is 50.5 Å². The summed E-state index contributed by atoms with van der Waals surface area (Å²) in [6.45, 7) is 11.7. The van der Waals surface area contributed by atoms with Gasteiger partial charge in [-0.1, -0.05) is 57.2 Å². The predicted octanol–water partition coefficient (Wildman–Crippen LogP) is 5.49. The first-order chi connectivity index (χ1) is 36.1. The molecule has 8 heterocycles. The minimum Gasteiger partial charge on any atom is -0.507 e. The number of nitrogens with one attached hydrogen (secondary N) is 2. The molecular weight excluding hydrogens is 967 g/mol. The number of aromatic hydroxyl groups is 1. The molecular formula is C56H71N13O5S. The lowest BCUT2D eigenvalue weighted by Gasteiger charge is -2.46. The van der Waals surface area contributed by atoms with E-state index in [0.717, 1.165) is 111 Å². The number of piperazine rings is 2. The van der Waals surface area contributed by atoms with E-state index in [1.165, 1.54) is 10.5 Å². The quantitative estimate of drug-likeness (QED) is 0.0984. The van der Waals surface area contributed by atoms with E-state index in [2.05, 4.69) is 57.8 Å². The molecule has 7 atom stereocenters. The van der Waals surface area contributed by atoms with Crippen molar-refractivity contribution in [2.75, 3.05) is 54.8 Å². The number of nitrogens with zero attached hydrogens (tertiary/aromatic N) is 10. The summed E-state index contributed by atoms with van der Waals surface area (Å²) in [6.07, 6.45) is 12.0. The Morgan fingerprint density at radius 1 is 0.827 bits per heavy atom. The molecule has 3 aromatic heterocycles. The Morgan fingerprint density at radius 2 is 1.49 bits per heavy atom. The van der Waals surface area contributed by atoms with Crippen LogP contribution in [0.3, 0.4) is 0 Å². The number of hydrogen-bond acceptors (Lipinski definition) is 16. The van der Waals surface area contributed by atoms with Crippen LogP contribution in [-0.4, -0.2) is 155 Å². The van der Waals surface area contributed by atoms with Crippen molar-refractivity contribution in [3.8, 4) is 27.4 Å². The molecule has 1 aliphatic carbocycles. The number of nitrogen functional groups attached to an aromatic ring is 1. The smallest absolute Gasteiger partial charge is 0.246 e. The number of aliphatic hydroxyl groups is 1. The van der Waals surface area contributed by atoms with E-state index in [0.29, 0.717) is 29.0 Å². The third-order valence-corrected chi connectivity index (χ3v) is 18.1. The molecule has 0 spiro atoms. The highest BCUT2D eigenvalue weighted by atomic mass is 32.1. The first kappa shape index (κ1) is 50.9. The number of aliphatic hydroxyl groups excluding tert-OH is 1. The second kappa shape index (κ2) is 21.0. The number of aryl methyl sites for hydroxylation is 1. The van der Waals surface area contributed by atoms with Crippen LogP contribution in [0.25, 0.3) is 21.7 Å². The summed E-state index contributed by atoms with van der Waals surface area (Å²) in [6, 6.07) is 16.9. The molecule has 18 nitrogen and oxygen atoms in total. The van der Waals surface area contributed by atoms with Crippen LogP contribution >= 0.6 is 11.3 Å². The van der Waals surface area contributed by atoms with Gasteiger partial charge in [-0.2, -0.15) is 0 Å². The van der Waals surface area contributed by atoms with Crippen molar-refractivity contribution in [1.29, 1.82) is 0 Å². The number of nitrogens with two attached hydrogens (primary N) is 1. The Labute approximate surface area is 443 Å².